The van der Waals surface area contributed by atoms with Crippen molar-refractivity contribution in [2.24, 2.45) is 0 Å². The number of hydrogen-bond acceptors (Lipinski definition) is 3. The van der Waals surface area contributed by atoms with E-state index in [0.29, 0.717) is 22.9 Å². The van der Waals surface area contributed by atoms with Gasteiger partial charge in [0.25, 0.3) is 5.91 Å². The summed E-state index contributed by atoms with van der Waals surface area (Å²) in [7, 11) is 0. The molecule has 0 saturated heterocycles. The second-order valence-corrected chi connectivity index (χ2v) is 6.08. The first-order valence-electron chi connectivity index (χ1n) is 8.47. The van der Waals surface area contributed by atoms with Gasteiger partial charge in [0.05, 0.1) is 17.1 Å². The summed E-state index contributed by atoms with van der Waals surface area (Å²) in [5.74, 6) is -1.54. The second-order valence-electron chi connectivity index (χ2n) is 6.08. The number of alkyl halides is 3. The van der Waals surface area contributed by atoms with Crippen molar-refractivity contribution in [2.75, 3.05) is 0 Å². The highest BCUT2D eigenvalue weighted by Gasteiger charge is 2.31. The van der Waals surface area contributed by atoms with Gasteiger partial charge in [0.2, 0.25) is 0 Å². The molecule has 1 atom stereocenters. The zero-order valence-electron chi connectivity index (χ0n) is 14.8. The number of amides is 1. The Morgan fingerprint density at radius 3 is 2.68 bits per heavy atom. The zero-order valence-corrected chi connectivity index (χ0v) is 14.8. The number of nitrogens with zero attached hydrogens (tertiary/aromatic N) is 1. The standard InChI is InChI=1S/C20H16F4N2O2/c1-2-17(12-5-3-7-15(10-12)28-20(22,23)24)26-19(27)16-11-14(21)9-13-6-4-8-25-18(13)16/h3-11,17H,2H2,1H3,(H,26,27). The van der Waals surface area contributed by atoms with Crippen LogP contribution in [0.4, 0.5) is 17.6 Å². The number of pyridine rings is 1. The number of halogens is 4. The van der Waals surface area contributed by atoms with Crippen LogP contribution >= 0.6 is 0 Å². The third-order valence-electron chi connectivity index (χ3n) is 4.12. The summed E-state index contributed by atoms with van der Waals surface area (Å²) in [5, 5.41) is 3.20. The van der Waals surface area contributed by atoms with Gasteiger partial charge < -0.3 is 10.1 Å². The average molecular weight is 392 g/mol. The summed E-state index contributed by atoms with van der Waals surface area (Å²) in [6.07, 6.45) is -2.91. The maximum Gasteiger partial charge on any atom is 0.573 e. The lowest BCUT2D eigenvalue weighted by Crippen LogP contribution is -2.28. The normalized spacial score (nSPS) is 12.6. The van der Waals surface area contributed by atoms with Crippen LogP contribution in [0, 0.1) is 5.82 Å². The van der Waals surface area contributed by atoms with Crippen molar-refractivity contribution in [2.45, 2.75) is 25.7 Å². The van der Waals surface area contributed by atoms with E-state index < -0.39 is 24.1 Å². The monoisotopic (exact) mass is 392 g/mol. The van der Waals surface area contributed by atoms with Crippen LogP contribution in [0.15, 0.2) is 54.7 Å². The van der Waals surface area contributed by atoms with Crippen molar-refractivity contribution in [1.29, 1.82) is 0 Å². The SMILES string of the molecule is CCC(NC(=O)c1cc(F)cc2cccnc12)c1cccc(OC(F)(F)F)c1. The van der Waals surface area contributed by atoms with Crippen LogP contribution in [0.1, 0.15) is 35.3 Å². The van der Waals surface area contributed by atoms with Crippen LogP contribution < -0.4 is 10.1 Å². The third kappa shape index (κ3) is 4.57. The number of fused-ring (bicyclic) bond motifs is 1. The van der Waals surface area contributed by atoms with Gasteiger partial charge in [-0.1, -0.05) is 25.1 Å². The molecule has 0 aliphatic carbocycles. The van der Waals surface area contributed by atoms with E-state index in [1.165, 1.54) is 30.5 Å². The van der Waals surface area contributed by atoms with Crippen LogP contribution in [0.25, 0.3) is 10.9 Å². The van der Waals surface area contributed by atoms with Gasteiger partial charge in [-0.2, -0.15) is 0 Å². The summed E-state index contributed by atoms with van der Waals surface area (Å²) in [4.78, 5) is 16.9. The first-order chi connectivity index (χ1) is 13.3. The van der Waals surface area contributed by atoms with Crippen LogP contribution in [0.3, 0.4) is 0 Å². The molecule has 0 aliphatic heterocycles. The number of aromatic nitrogens is 1. The predicted octanol–water partition coefficient (Wildman–Crippen LogP) is 5.15. The Morgan fingerprint density at radius 1 is 1.18 bits per heavy atom. The average Bonchev–Trinajstić information content (AvgIpc) is 2.64. The van der Waals surface area contributed by atoms with E-state index in [9.17, 15) is 22.4 Å². The molecule has 1 aromatic heterocycles. The molecule has 1 unspecified atom stereocenters. The number of carbonyl (C=O) groups excluding carboxylic acids is 1. The molecule has 0 fully saturated rings. The molecular formula is C20H16F4N2O2. The molecule has 8 heteroatoms. The van der Waals surface area contributed by atoms with Crippen molar-refractivity contribution in [1.82, 2.24) is 10.3 Å². The molecule has 1 amide bonds. The van der Waals surface area contributed by atoms with Gasteiger partial charge in [-0.15, -0.1) is 13.2 Å². The summed E-state index contributed by atoms with van der Waals surface area (Å²) in [5.41, 5.74) is 0.827. The Kier molecular flexibility index (Phi) is 5.48. The summed E-state index contributed by atoms with van der Waals surface area (Å²) in [6.45, 7) is 1.77. The minimum atomic E-state index is -4.81. The minimum absolute atomic E-state index is 0.0525. The highest BCUT2D eigenvalue weighted by Crippen LogP contribution is 2.27. The molecule has 0 aliphatic rings. The van der Waals surface area contributed by atoms with E-state index in [1.54, 1.807) is 25.1 Å². The third-order valence-corrected chi connectivity index (χ3v) is 4.12. The van der Waals surface area contributed by atoms with E-state index in [4.69, 9.17) is 0 Å². The highest BCUT2D eigenvalue weighted by molar-refractivity contribution is 6.05. The van der Waals surface area contributed by atoms with Crippen LogP contribution in [0.2, 0.25) is 0 Å². The highest BCUT2D eigenvalue weighted by atomic mass is 19.4. The van der Waals surface area contributed by atoms with Gasteiger partial charge in [0, 0.05) is 11.6 Å². The van der Waals surface area contributed by atoms with Gasteiger partial charge in [0.1, 0.15) is 11.6 Å². The zero-order chi connectivity index (χ0) is 20.3. The van der Waals surface area contributed by atoms with Gasteiger partial charge in [-0.25, -0.2) is 4.39 Å². The Morgan fingerprint density at radius 2 is 1.96 bits per heavy atom. The molecule has 0 spiro atoms. The Hall–Kier alpha value is -3.16. The van der Waals surface area contributed by atoms with Crippen molar-refractivity contribution in [3.63, 3.8) is 0 Å². The molecule has 1 heterocycles. The Balaban J connectivity index is 1.88. The first kappa shape index (κ1) is 19.6. The molecule has 146 valence electrons. The molecular weight excluding hydrogens is 376 g/mol. The van der Waals surface area contributed by atoms with E-state index in [-0.39, 0.29) is 11.3 Å². The van der Waals surface area contributed by atoms with Crippen molar-refractivity contribution >= 4 is 16.8 Å². The summed E-state index contributed by atoms with van der Waals surface area (Å²) in [6, 6.07) is 10.4. The van der Waals surface area contributed by atoms with Gasteiger partial charge in [0.15, 0.2) is 0 Å². The van der Waals surface area contributed by atoms with Crippen molar-refractivity contribution in [3.8, 4) is 5.75 Å². The molecule has 3 aromatic rings. The number of ether oxygens (including phenoxy) is 1. The first-order valence-corrected chi connectivity index (χ1v) is 8.47. The molecule has 28 heavy (non-hydrogen) atoms. The van der Waals surface area contributed by atoms with E-state index >= 15 is 0 Å². The van der Waals surface area contributed by atoms with E-state index in [1.807, 2.05) is 0 Å². The fourth-order valence-electron chi connectivity index (χ4n) is 2.91. The van der Waals surface area contributed by atoms with Gasteiger partial charge in [-0.05, 0) is 42.3 Å². The summed E-state index contributed by atoms with van der Waals surface area (Å²) >= 11 is 0. The van der Waals surface area contributed by atoms with E-state index in [0.717, 1.165) is 6.07 Å². The number of rotatable bonds is 5. The predicted molar refractivity (Wildman–Crippen MR) is 95.3 cm³/mol. The molecule has 0 bridgehead atoms. The lowest BCUT2D eigenvalue weighted by Gasteiger charge is -2.19. The van der Waals surface area contributed by atoms with Crippen LogP contribution in [0.5, 0.6) is 5.75 Å². The molecule has 3 rings (SSSR count). The number of nitrogens with one attached hydrogen (secondary N) is 1. The molecule has 0 saturated carbocycles. The van der Waals surface area contributed by atoms with Crippen LogP contribution in [-0.4, -0.2) is 17.3 Å². The number of benzene rings is 2. The lowest BCUT2D eigenvalue weighted by atomic mass is 10.0. The summed E-state index contributed by atoms with van der Waals surface area (Å²) < 4.78 is 55.1. The second kappa shape index (κ2) is 7.84. The Labute approximate surface area is 158 Å². The molecule has 1 N–H and O–H groups in total. The minimum Gasteiger partial charge on any atom is -0.406 e. The van der Waals surface area contributed by atoms with Gasteiger partial charge >= 0.3 is 6.36 Å². The topological polar surface area (TPSA) is 51.2 Å². The largest absolute Gasteiger partial charge is 0.573 e. The van der Waals surface area contributed by atoms with Crippen molar-refractivity contribution in [3.05, 3.63) is 71.7 Å². The Bertz CT molecular complexity index is 1000. The quantitative estimate of drug-likeness (QED) is 0.611. The maximum absolute atomic E-state index is 13.9. The fourth-order valence-corrected chi connectivity index (χ4v) is 2.91. The lowest BCUT2D eigenvalue weighted by molar-refractivity contribution is -0.274. The van der Waals surface area contributed by atoms with Crippen LogP contribution in [-0.2, 0) is 0 Å². The smallest absolute Gasteiger partial charge is 0.406 e. The maximum atomic E-state index is 13.9. The number of hydrogen-bond donors (Lipinski definition) is 1. The fraction of sp³-hybridized carbons (Fsp3) is 0.200. The van der Waals surface area contributed by atoms with Crippen molar-refractivity contribution < 1.29 is 27.1 Å². The van der Waals surface area contributed by atoms with Gasteiger partial charge in [-0.3, -0.25) is 9.78 Å². The number of carbonyl (C=O) groups is 1. The molecule has 2 aromatic carbocycles. The van der Waals surface area contributed by atoms with E-state index in [2.05, 4.69) is 15.0 Å². The molecule has 4 nitrogen and oxygen atoms in total. The molecule has 0 radical (unpaired) electrons.